The number of ether oxygens (including phenoxy) is 1. The average molecular weight is 228 g/mol. The van der Waals surface area contributed by atoms with Crippen molar-refractivity contribution in [3.8, 4) is 0 Å². The number of nitrogens with zero attached hydrogens (tertiary/aromatic N) is 1. The molecule has 1 fully saturated rings. The number of likely N-dealkylation sites (tertiary alicyclic amines) is 1. The first-order valence-corrected chi connectivity index (χ1v) is 5.80. The normalized spacial score (nSPS) is 19.6. The number of rotatable bonds is 4. The smallest absolute Gasteiger partial charge is 0.407 e. The Bertz CT molecular complexity index is 256. The van der Waals surface area contributed by atoms with Crippen LogP contribution < -0.4 is 5.32 Å². The van der Waals surface area contributed by atoms with Crippen LogP contribution in [0.5, 0.6) is 0 Å². The van der Waals surface area contributed by atoms with Gasteiger partial charge >= 0.3 is 6.09 Å². The Morgan fingerprint density at radius 2 is 2.25 bits per heavy atom. The number of nitrogens with one attached hydrogen (secondary N) is 1. The summed E-state index contributed by atoms with van der Waals surface area (Å²) in [5, 5.41) is 2.42. The number of hydrogen-bond acceptors (Lipinski definition) is 3. The highest BCUT2D eigenvalue weighted by molar-refractivity contribution is 5.82. The highest BCUT2D eigenvalue weighted by Crippen LogP contribution is 2.20. The molecule has 0 aromatic rings. The molecular weight excluding hydrogens is 208 g/mol. The van der Waals surface area contributed by atoms with E-state index in [4.69, 9.17) is 0 Å². The van der Waals surface area contributed by atoms with Crippen molar-refractivity contribution in [2.75, 3.05) is 20.2 Å². The van der Waals surface area contributed by atoms with Gasteiger partial charge in [-0.1, -0.05) is 13.3 Å². The second kappa shape index (κ2) is 6.35. The van der Waals surface area contributed by atoms with Crippen molar-refractivity contribution in [3.05, 3.63) is 0 Å². The van der Waals surface area contributed by atoms with Gasteiger partial charge in [-0.2, -0.15) is 0 Å². The van der Waals surface area contributed by atoms with E-state index in [1.807, 2.05) is 4.90 Å². The molecule has 0 radical (unpaired) electrons. The van der Waals surface area contributed by atoms with Gasteiger partial charge in [0.2, 0.25) is 5.91 Å². The predicted octanol–water partition coefficient (Wildman–Crippen LogP) is 1.13. The number of alkyl carbamates (subject to hydrolysis) is 1. The molecule has 1 saturated heterocycles. The summed E-state index contributed by atoms with van der Waals surface area (Å²) in [6.07, 6.45) is 3.72. The van der Waals surface area contributed by atoms with Gasteiger partial charge in [-0.3, -0.25) is 4.79 Å². The van der Waals surface area contributed by atoms with Crippen molar-refractivity contribution in [2.24, 2.45) is 0 Å². The molecule has 2 amide bonds. The largest absolute Gasteiger partial charge is 0.453 e. The highest BCUT2D eigenvalue weighted by Gasteiger charge is 2.27. The van der Waals surface area contributed by atoms with E-state index in [1.165, 1.54) is 7.11 Å². The lowest BCUT2D eigenvalue weighted by Gasteiger charge is -2.24. The highest BCUT2D eigenvalue weighted by atomic mass is 16.5. The van der Waals surface area contributed by atoms with Crippen LogP contribution in [-0.4, -0.2) is 43.1 Å². The summed E-state index contributed by atoms with van der Waals surface area (Å²) in [7, 11) is 1.29. The molecule has 16 heavy (non-hydrogen) atoms. The quantitative estimate of drug-likeness (QED) is 0.784. The Morgan fingerprint density at radius 1 is 1.50 bits per heavy atom. The SMILES string of the molecule is CCC[C@H]1CCCN1C(=O)CNC(=O)OC. The monoisotopic (exact) mass is 228 g/mol. The van der Waals surface area contributed by atoms with Crippen LogP contribution in [0.4, 0.5) is 4.79 Å². The summed E-state index contributed by atoms with van der Waals surface area (Å²) in [5.41, 5.74) is 0. The zero-order chi connectivity index (χ0) is 12.0. The maximum Gasteiger partial charge on any atom is 0.407 e. The maximum atomic E-state index is 11.8. The van der Waals surface area contributed by atoms with Gasteiger partial charge in [0.1, 0.15) is 6.54 Å². The first-order chi connectivity index (χ1) is 7.69. The van der Waals surface area contributed by atoms with Crippen molar-refractivity contribution >= 4 is 12.0 Å². The van der Waals surface area contributed by atoms with E-state index in [0.29, 0.717) is 6.04 Å². The molecule has 0 unspecified atom stereocenters. The van der Waals surface area contributed by atoms with Crippen LogP contribution in [-0.2, 0) is 9.53 Å². The first kappa shape index (κ1) is 12.8. The van der Waals surface area contributed by atoms with Crippen LogP contribution in [0.25, 0.3) is 0 Å². The molecule has 1 atom stereocenters. The van der Waals surface area contributed by atoms with E-state index in [1.54, 1.807) is 0 Å². The average Bonchev–Trinajstić information content (AvgIpc) is 2.74. The fraction of sp³-hybridized carbons (Fsp3) is 0.818. The number of carbonyl (C=O) groups is 2. The molecule has 92 valence electrons. The Labute approximate surface area is 96.1 Å². The number of methoxy groups -OCH3 is 1. The lowest BCUT2D eigenvalue weighted by Crippen LogP contribution is -2.42. The molecule has 0 aliphatic carbocycles. The second-order valence-electron chi connectivity index (χ2n) is 4.02. The number of amides is 2. The Morgan fingerprint density at radius 3 is 2.88 bits per heavy atom. The summed E-state index contributed by atoms with van der Waals surface area (Å²) in [4.78, 5) is 24.5. The molecule has 1 heterocycles. The summed E-state index contributed by atoms with van der Waals surface area (Å²) in [6.45, 7) is 2.97. The number of carbonyl (C=O) groups excluding carboxylic acids is 2. The number of hydrogen-bond donors (Lipinski definition) is 1. The van der Waals surface area contributed by atoms with Gasteiger partial charge in [0.25, 0.3) is 0 Å². The van der Waals surface area contributed by atoms with E-state index < -0.39 is 6.09 Å². The minimum atomic E-state index is -0.556. The summed E-state index contributed by atoms with van der Waals surface area (Å²) in [6, 6.07) is 0.358. The Balaban J connectivity index is 2.37. The van der Waals surface area contributed by atoms with Crippen LogP contribution in [0.15, 0.2) is 0 Å². The van der Waals surface area contributed by atoms with Gasteiger partial charge in [-0.05, 0) is 19.3 Å². The van der Waals surface area contributed by atoms with Crippen molar-refractivity contribution in [2.45, 2.75) is 38.6 Å². The summed E-state index contributed by atoms with van der Waals surface area (Å²) in [5.74, 6) is -0.0126. The van der Waals surface area contributed by atoms with Gasteiger partial charge < -0.3 is 15.0 Å². The lowest BCUT2D eigenvalue weighted by atomic mass is 10.1. The molecule has 1 rings (SSSR count). The minimum Gasteiger partial charge on any atom is -0.453 e. The molecule has 0 saturated carbocycles. The van der Waals surface area contributed by atoms with Gasteiger partial charge in [-0.15, -0.1) is 0 Å². The minimum absolute atomic E-state index is 0.0126. The fourth-order valence-electron chi connectivity index (χ4n) is 2.12. The summed E-state index contributed by atoms with van der Waals surface area (Å²) < 4.78 is 4.42. The Hall–Kier alpha value is -1.26. The lowest BCUT2D eigenvalue weighted by molar-refractivity contribution is -0.131. The van der Waals surface area contributed by atoms with Crippen molar-refractivity contribution in [1.82, 2.24) is 10.2 Å². The molecule has 5 heteroatoms. The van der Waals surface area contributed by atoms with Crippen LogP contribution in [0.3, 0.4) is 0 Å². The van der Waals surface area contributed by atoms with E-state index in [2.05, 4.69) is 17.0 Å². The zero-order valence-electron chi connectivity index (χ0n) is 9.99. The third kappa shape index (κ3) is 3.40. The van der Waals surface area contributed by atoms with Gasteiger partial charge in [0.15, 0.2) is 0 Å². The maximum absolute atomic E-state index is 11.8. The molecule has 5 nitrogen and oxygen atoms in total. The molecule has 0 aromatic heterocycles. The van der Waals surface area contributed by atoms with Crippen molar-refractivity contribution in [1.29, 1.82) is 0 Å². The third-order valence-electron chi connectivity index (χ3n) is 2.89. The summed E-state index contributed by atoms with van der Waals surface area (Å²) >= 11 is 0. The Kier molecular flexibility index (Phi) is 5.08. The van der Waals surface area contributed by atoms with Gasteiger partial charge in [-0.25, -0.2) is 4.79 Å². The molecule has 1 aliphatic heterocycles. The van der Waals surface area contributed by atoms with Crippen LogP contribution >= 0.6 is 0 Å². The molecule has 1 aliphatic rings. The third-order valence-corrected chi connectivity index (χ3v) is 2.89. The second-order valence-corrected chi connectivity index (χ2v) is 4.02. The molecule has 1 N–H and O–H groups in total. The van der Waals surface area contributed by atoms with Gasteiger partial charge in [0, 0.05) is 12.6 Å². The fourth-order valence-corrected chi connectivity index (χ4v) is 2.12. The molecule has 0 aromatic carbocycles. The van der Waals surface area contributed by atoms with Crippen molar-refractivity contribution in [3.63, 3.8) is 0 Å². The van der Waals surface area contributed by atoms with E-state index >= 15 is 0 Å². The van der Waals surface area contributed by atoms with Crippen molar-refractivity contribution < 1.29 is 14.3 Å². The molecule has 0 bridgehead atoms. The van der Waals surface area contributed by atoms with E-state index in [0.717, 1.165) is 32.2 Å². The topological polar surface area (TPSA) is 58.6 Å². The first-order valence-electron chi connectivity index (χ1n) is 5.80. The van der Waals surface area contributed by atoms with Crippen LogP contribution in [0.1, 0.15) is 32.6 Å². The predicted molar refractivity (Wildman–Crippen MR) is 60.1 cm³/mol. The molecule has 0 spiro atoms. The standard InChI is InChI=1S/C11H20N2O3/c1-3-5-9-6-4-7-13(9)10(14)8-12-11(15)16-2/h9H,3-8H2,1-2H3,(H,12,15)/t9-/m0/s1. The van der Waals surface area contributed by atoms with Gasteiger partial charge in [0.05, 0.1) is 7.11 Å². The van der Waals surface area contributed by atoms with Crippen LogP contribution in [0, 0.1) is 0 Å². The zero-order valence-corrected chi connectivity index (χ0v) is 9.99. The molecular formula is C11H20N2O3. The van der Waals surface area contributed by atoms with Crippen LogP contribution in [0.2, 0.25) is 0 Å². The van der Waals surface area contributed by atoms with E-state index in [-0.39, 0.29) is 12.5 Å². The van der Waals surface area contributed by atoms with E-state index in [9.17, 15) is 9.59 Å².